The van der Waals surface area contributed by atoms with Gasteiger partial charge in [0.15, 0.2) is 0 Å². The third kappa shape index (κ3) is 4.56. The average Bonchev–Trinajstić information content (AvgIpc) is 3.73. The maximum absolute atomic E-state index is 2.47. The summed E-state index contributed by atoms with van der Waals surface area (Å²) in [4.78, 5) is 0. The molecule has 0 radical (unpaired) electrons. The van der Waals surface area contributed by atoms with Crippen LogP contribution in [0.25, 0.3) is 94.9 Å². The molecule has 50 heavy (non-hydrogen) atoms. The van der Waals surface area contributed by atoms with Crippen LogP contribution in [0.1, 0.15) is 25.0 Å². The maximum atomic E-state index is 2.47. The molecule has 0 fully saturated rings. The molecule has 0 aliphatic rings. The molecule has 0 aliphatic heterocycles. The number of fused-ring (bicyclic) bond motifs is 10. The lowest BCUT2D eigenvalue weighted by Gasteiger charge is -2.18. The van der Waals surface area contributed by atoms with Crippen molar-refractivity contribution in [2.45, 2.75) is 13.8 Å². The van der Waals surface area contributed by atoms with Crippen LogP contribution < -0.4 is 0 Å². The Morgan fingerprint density at radius 2 is 1.00 bits per heavy atom. The van der Waals surface area contributed by atoms with Crippen molar-refractivity contribution in [3.05, 3.63) is 169 Å². The van der Waals surface area contributed by atoms with Crippen molar-refractivity contribution in [1.29, 1.82) is 0 Å². The number of hydrogen-bond acceptors (Lipinski definition) is 2. The Morgan fingerprint density at radius 1 is 0.420 bits per heavy atom. The number of benzene rings is 8. The Hall–Kier alpha value is -5.54. The van der Waals surface area contributed by atoms with Crippen LogP contribution in [0.5, 0.6) is 0 Å². The summed E-state index contributed by atoms with van der Waals surface area (Å²) in [6.07, 6.45) is 4.55. The first-order valence-corrected chi connectivity index (χ1v) is 18.8. The molecule has 8 aromatic carbocycles. The van der Waals surface area contributed by atoms with Gasteiger partial charge < -0.3 is 0 Å². The number of allylic oxidation sites excluding steroid dienone is 4. The van der Waals surface area contributed by atoms with E-state index in [0.29, 0.717) is 0 Å². The lowest BCUT2D eigenvalue weighted by molar-refractivity contribution is 1.56. The summed E-state index contributed by atoms with van der Waals surface area (Å²) in [5.74, 6) is 0. The molecule has 236 valence electrons. The maximum Gasteiger partial charge on any atom is 0.0361 e. The minimum absolute atomic E-state index is 1.25. The number of thiophene rings is 2. The minimum Gasteiger partial charge on any atom is -0.135 e. The van der Waals surface area contributed by atoms with E-state index < -0.39 is 0 Å². The largest absolute Gasteiger partial charge is 0.135 e. The highest BCUT2D eigenvalue weighted by Gasteiger charge is 2.18. The zero-order chi connectivity index (χ0) is 33.3. The average molecular weight is 673 g/mol. The third-order valence-corrected chi connectivity index (χ3v) is 12.6. The fourth-order valence-electron chi connectivity index (χ4n) is 7.97. The van der Waals surface area contributed by atoms with Crippen molar-refractivity contribution in [3.8, 4) is 11.1 Å². The Kier molecular flexibility index (Phi) is 6.77. The van der Waals surface area contributed by atoms with E-state index in [9.17, 15) is 0 Å². The van der Waals surface area contributed by atoms with Gasteiger partial charge in [-0.25, -0.2) is 0 Å². The molecular weight excluding hydrogens is 641 g/mol. The second-order valence-electron chi connectivity index (χ2n) is 13.3. The van der Waals surface area contributed by atoms with E-state index >= 15 is 0 Å². The first-order valence-electron chi connectivity index (χ1n) is 17.2. The van der Waals surface area contributed by atoms with E-state index in [1.54, 1.807) is 0 Å². The van der Waals surface area contributed by atoms with Crippen molar-refractivity contribution >= 4 is 106 Å². The minimum atomic E-state index is 1.25. The van der Waals surface area contributed by atoms with Gasteiger partial charge >= 0.3 is 0 Å². The monoisotopic (exact) mass is 672 g/mol. The lowest BCUT2D eigenvalue weighted by atomic mass is 9.85. The first kappa shape index (κ1) is 29.4. The smallest absolute Gasteiger partial charge is 0.0361 e. The van der Waals surface area contributed by atoms with Crippen molar-refractivity contribution in [2.75, 3.05) is 0 Å². The quantitative estimate of drug-likeness (QED) is 0.129. The predicted octanol–water partition coefficient (Wildman–Crippen LogP) is 15.1. The molecule has 2 aromatic heterocycles. The SMILES string of the molecule is C/C(=C\C=C(/C)c1c2ccccc2c(-c2ccc3sc4cc5ccc6sc7ccccc7c6c5cc4c3c2)c2ccccc12)c1ccccc1. The molecule has 0 saturated carbocycles. The Morgan fingerprint density at radius 3 is 1.76 bits per heavy atom. The number of hydrogen-bond donors (Lipinski definition) is 0. The van der Waals surface area contributed by atoms with Gasteiger partial charge in [0.2, 0.25) is 0 Å². The van der Waals surface area contributed by atoms with Crippen LogP contribution in [0.15, 0.2) is 158 Å². The second kappa shape index (κ2) is 11.5. The summed E-state index contributed by atoms with van der Waals surface area (Å²) >= 11 is 3.79. The van der Waals surface area contributed by atoms with Crippen LogP contribution in [-0.2, 0) is 0 Å². The molecule has 0 unspecified atom stereocenters. The molecule has 10 aromatic rings. The van der Waals surface area contributed by atoms with Gasteiger partial charge in [-0.15, -0.1) is 22.7 Å². The third-order valence-electron chi connectivity index (χ3n) is 10.4. The highest BCUT2D eigenvalue weighted by Crippen LogP contribution is 2.46. The van der Waals surface area contributed by atoms with E-state index in [0.717, 1.165) is 0 Å². The van der Waals surface area contributed by atoms with Crippen LogP contribution in [0.2, 0.25) is 0 Å². The predicted molar refractivity (Wildman–Crippen MR) is 224 cm³/mol. The van der Waals surface area contributed by atoms with E-state index in [1.807, 2.05) is 22.7 Å². The number of rotatable bonds is 4. The zero-order valence-electron chi connectivity index (χ0n) is 27.8. The van der Waals surface area contributed by atoms with Gasteiger partial charge in [-0.1, -0.05) is 121 Å². The first-order chi connectivity index (χ1) is 24.6. The van der Waals surface area contributed by atoms with Gasteiger partial charge in [0.05, 0.1) is 0 Å². The lowest BCUT2D eigenvalue weighted by Crippen LogP contribution is -1.92. The molecule has 0 saturated heterocycles. The Bertz CT molecular complexity index is 2980. The molecule has 10 rings (SSSR count). The van der Waals surface area contributed by atoms with Gasteiger partial charge in [0.25, 0.3) is 0 Å². The fourth-order valence-corrected chi connectivity index (χ4v) is 10.2. The normalized spacial score (nSPS) is 12.8. The van der Waals surface area contributed by atoms with E-state index in [2.05, 4.69) is 172 Å². The van der Waals surface area contributed by atoms with E-state index in [4.69, 9.17) is 0 Å². The second-order valence-corrected chi connectivity index (χ2v) is 15.5. The molecule has 0 N–H and O–H groups in total. The molecule has 0 amide bonds. The summed E-state index contributed by atoms with van der Waals surface area (Å²) < 4.78 is 5.37. The van der Waals surface area contributed by atoms with Gasteiger partial charge in [0, 0.05) is 40.3 Å². The van der Waals surface area contributed by atoms with Gasteiger partial charge in [0.1, 0.15) is 0 Å². The summed E-state index contributed by atoms with van der Waals surface area (Å²) in [6.45, 7) is 4.45. The molecule has 0 spiro atoms. The van der Waals surface area contributed by atoms with Crippen molar-refractivity contribution in [3.63, 3.8) is 0 Å². The Balaban J connectivity index is 1.20. The molecule has 2 heterocycles. The molecule has 0 nitrogen and oxygen atoms in total. The zero-order valence-corrected chi connectivity index (χ0v) is 29.5. The van der Waals surface area contributed by atoms with Gasteiger partial charge in [-0.2, -0.15) is 0 Å². The molecule has 2 heteroatoms. The highest BCUT2D eigenvalue weighted by atomic mass is 32.1. The van der Waals surface area contributed by atoms with Crippen LogP contribution >= 0.6 is 22.7 Å². The summed E-state index contributed by atoms with van der Waals surface area (Å²) in [7, 11) is 0. The van der Waals surface area contributed by atoms with Crippen molar-refractivity contribution in [2.24, 2.45) is 0 Å². The summed E-state index contributed by atoms with van der Waals surface area (Å²) in [5.41, 5.74) is 7.63. The van der Waals surface area contributed by atoms with Gasteiger partial charge in [-0.3, -0.25) is 0 Å². The Labute approximate surface area is 298 Å². The fraction of sp³-hybridized carbons (Fsp3) is 0.0417. The van der Waals surface area contributed by atoms with Crippen LogP contribution in [0.3, 0.4) is 0 Å². The van der Waals surface area contributed by atoms with Crippen LogP contribution in [-0.4, -0.2) is 0 Å². The van der Waals surface area contributed by atoms with Gasteiger partial charge in [-0.05, 0) is 116 Å². The van der Waals surface area contributed by atoms with E-state index in [1.165, 1.54) is 106 Å². The molecule has 0 bridgehead atoms. The topological polar surface area (TPSA) is 0 Å². The summed E-state index contributed by atoms with van der Waals surface area (Å²) in [5, 5.41) is 13.2. The molecule has 0 atom stereocenters. The van der Waals surface area contributed by atoms with Crippen LogP contribution in [0.4, 0.5) is 0 Å². The highest BCUT2D eigenvalue weighted by molar-refractivity contribution is 7.26. The summed E-state index contributed by atoms with van der Waals surface area (Å²) in [6, 6.07) is 54.0. The molecular formula is C48H32S2. The van der Waals surface area contributed by atoms with E-state index in [-0.39, 0.29) is 0 Å². The standard InChI is InChI=1S/C48H32S2/c1-29(31-12-4-3-5-13-31)20-21-30(2)46-34-14-6-8-16-36(34)47(37-17-9-7-15-35(37)46)33-23-24-43-40(26-33)41-28-39-32(27-45(41)50-43)22-25-44-48(39)38-18-10-11-19-42(38)49-44/h3-28H,1-2H3/b29-20+,30-21+. The van der Waals surface area contributed by atoms with Crippen molar-refractivity contribution in [1.82, 2.24) is 0 Å². The van der Waals surface area contributed by atoms with Crippen LogP contribution in [0, 0.1) is 0 Å². The van der Waals surface area contributed by atoms with Crippen molar-refractivity contribution < 1.29 is 0 Å². The molecule has 0 aliphatic carbocycles.